The lowest BCUT2D eigenvalue weighted by atomic mass is 10.5. The van der Waals surface area contributed by atoms with Crippen molar-refractivity contribution < 1.29 is 4.73 Å². The molecule has 0 fully saturated rings. The van der Waals surface area contributed by atoms with E-state index in [1.54, 1.807) is 28.2 Å². The smallest absolute Gasteiger partial charge is 0.262 e. The number of pyridine rings is 1. The molecular formula is C9H7NOS3. The lowest BCUT2D eigenvalue weighted by molar-refractivity contribution is -0.645. The molecule has 0 spiro atoms. The van der Waals surface area contributed by atoms with E-state index in [0.717, 1.165) is 4.73 Å². The Bertz CT molecular complexity index is 402. The quantitative estimate of drug-likeness (QED) is 0.469. The van der Waals surface area contributed by atoms with Crippen LogP contribution in [0.15, 0.2) is 51.1 Å². The third-order valence-corrected chi connectivity index (χ3v) is 4.70. The maximum atomic E-state index is 11.3. The van der Waals surface area contributed by atoms with Crippen LogP contribution in [0.5, 0.6) is 0 Å². The van der Waals surface area contributed by atoms with E-state index in [2.05, 4.69) is 5.38 Å². The normalized spacial score (nSPS) is 10.3. The van der Waals surface area contributed by atoms with Crippen molar-refractivity contribution in [3.05, 3.63) is 46.4 Å². The SMILES string of the molecule is [O-][n+]1ccccc1SSc1ccsc1. The highest BCUT2D eigenvalue weighted by atomic mass is 33.1. The molecule has 2 heterocycles. The summed E-state index contributed by atoms with van der Waals surface area (Å²) in [6.45, 7) is 0. The summed E-state index contributed by atoms with van der Waals surface area (Å²) in [7, 11) is 3.08. The van der Waals surface area contributed by atoms with Gasteiger partial charge in [-0.3, -0.25) is 0 Å². The van der Waals surface area contributed by atoms with Crippen LogP contribution in [-0.4, -0.2) is 0 Å². The van der Waals surface area contributed by atoms with Crippen LogP contribution in [-0.2, 0) is 0 Å². The van der Waals surface area contributed by atoms with Crippen molar-refractivity contribution in [1.82, 2.24) is 0 Å². The van der Waals surface area contributed by atoms with Gasteiger partial charge in [-0.25, -0.2) is 0 Å². The van der Waals surface area contributed by atoms with Gasteiger partial charge in [-0.05, 0) is 28.3 Å². The van der Waals surface area contributed by atoms with E-state index in [-0.39, 0.29) is 0 Å². The van der Waals surface area contributed by atoms with Crippen molar-refractivity contribution in [2.24, 2.45) is 0 Å². The number of aromatic nitrogens is 1. The first-order chi connectivity index (χ1) is 6.86. The highest BCUT2D eigenvalue weighted by Crippen LogP contribution is 2.36. The largest absolute Gasteiger partial charge is 0.618 e. The predicted octanol–water partition coefficient (Wildman–Crippen LogP) is 3.18. The van der Waals surface area contributed by atoms with Crippen molar-refractivity contribution in [2.45, 2.75) is 9.92 Å². The fraction of sp³-hybridized carbons (Fsp3) is 0. The predicted molar refractivity (Wildman–Crippen MR) is 61.4 cm³/mol. The van der Waals surface area contributed by atoms with Crippen molar-refractivity contribution in [3.63, 3.8) is 0 Å². The molecule has 5 heteroatoms. The van der Waals surface area contributed by atoms with Crippen molar-refractivity contribution in [3.8, 4) is 0 Å². The summed E-state index contributed by atoms with van der Waals surface area (Å²) < 4.78 is 0.879. The lowest BCUT2D eigenvalue weighted by Crippen LogP contribution is -2.27. The second kappa shape index (κ2) is 4.72. The Morgan fingerprint density at radius 2 is 2.14 bits per heavy atom. The average Bonchev–Trinajstić information content (AvgIpc) is 2.69. The summed E-state index contributed by atoms with van der Waals surface area (Å²) in [5, 5.41) is 16.1. The molecule has 0 aliphatic rings. The monoisotopic (exact) mass is 241 g/mol. The third-order valence-electron chi connectivity index (χ3n) is 1.51. The molecule has 0 bridgehead atoms. The van der Waals surface area contributed by atoms with Gasteiger partial charge >= 0.3 is 0 Å². The Morgan fingerprint density at radius 1 is 1.21 bits per heavy atom. The zero-order chi connectivity index (χ0) is 9.80. The van der Waals surface area contributed by atoms with Gasteiger partial charge in [0.25, 0.3) is 5.03 Å². The van der Waals surface area contributed by atoms with E-state index in [4.69, 9.17) is 0 Å². The van der Waals surface area contributed by atoms with Crippen molar-refractivity contribution in [1.29, 1.82) is 0 Å². The van der Waals surface area contributed by atoms with Crippen LogP contribution in [0, 0.1) is 5.21 Å². The first-order valence-electron chi connectivity index (χ1n) is 3.91. The van der Waals surface area contributed by atoms with Gasteiger partial charge in [0.1, 0.15) is 0 Å². The molecule has 0 aromatic carbocycles. The second-order valence-corrected chi connectivity index (χ2v) is 5.49. The number of hydrogen-bond acceptors (Lipinski definition) is 4. The van der Waals surface area contributed by atoms with Crippen LogP contribution in [0.1, 0.15) is 0 Å². The molecule has 2 nitrogen and oxygen atoms in total. The molecule has 0 saturated carbocycles. The molecule has 0 radical (unpaired) electrons. The summed E-state index contributed by atoms with van der Waals surface area (Å²) in [6, 6.07) is 7.45. The fourth-order valence-corrected chi connectivity index (χ4v) is 3.82. The Kier molecular flexibility index (Phi) is 3.34. The molecular weight excluding hydrogens is 234 g/mol. The van der Waals surface area contributed by atoms with Crippen LogP contribution in [0.25, 0.3) is 0 Å². The highest BCUT2D eigenvalue weighted by Gasteiger charge is 2.05. The maximum absolute atomic E-state index is 11.3. The van der Waals surface area contributed by atoms with Gasteiger partial charge in [0.2, 0.25) is 0 Å². The van der Waals surface area contributed by atoms with Crippen LogP contribution in [0.4, 0.5) is 0 Å². The Balaban J connectivity index is 2.02. The zero-order valence-electron chi connectivity index (χ0n) is 7.12. The Morgan fingerprint density at radius 3 is 2.86 bits per heavy atom. The minimum atomic E-state index is 0.712. The van der Waals surface area contributed by atoms with Crippen LogP contribution in [0.3, 0.4) is 0 Å². The minimum absolute atomic E-state index is 0.712. The van der Waals surface area contributed by atoms with E-state index in [9.17, 15) is 5.21 Å². The number of thiophene rings is 1. The van der Waals surface area contributed by atoms with E-state index in [0.29, 0.717) is 5.03 Å². The Labute approximate surface area is 94.0 Å². The standard InChI is InChI=1S/C9H7NOS3/c11-10-5-2-1-3-9(10)14-13-8-4-6-12-7-8/h1-7H. The van der Waals surface area contributed by atoms with Gasteiger partial charge in [0, 0.05) is 33.2 Å². The first kappa shape index (κ1) is 9.89. The topological polar surface area (TPSA) is 26.9 Å². The molecule has 0 saturated heterocycles. The summed E-state index contributed by atoms with van der Waals surface area (Å²) in [5.41, 5.74) is 0. The van der Waals surface area contributed by atoms with E-state index < -0.39 is 0 Å². The van der Waals surface area contributed by atoms with Crippen molar-refractivity contribution in [2.75, 3.05) is 0 Å². The van der Waals surface area contributed by atoms with Crippen LogP contribution < -0.4 is 4.73 Å². The molecule has 2 aromatic rings. The number of nitrogens with zero attached hydrogens (tertiary/aromatic N) is 1. The molecule has 14 heavy (non-hydrogen) atoms. The minimum Gasteiger partial charge on any atom is -0.618 e. The van der Waals surface area contributed by atoms with Gasteiger partial charge in [-0.2, -0.15) is 16.1 Å². The van der Waals surface area contributed by atoms with E-state index in [1.165, 1.54) is 21.9 Å². The molecule has 0 aliphatic carbocycles. The molecule has 0 atom stereocenters. The second-order valence-electron chi connectivity index (χ2n) is 2.49. The molecule has 2 rings (SSSR count). The molecule has 0 amide bonds. The molecule has 72 valence electrons. The number of hydrogen-bond donors (Lipinski definition) is 0. The molecule has 2 aromatic heterocycles. The Hall–Kier alpha value is -0.650. The maximum Gasteiger partial charge on any atom is 0.262 e. The van der Waals surface area contributed by atoms with Crippen LogP contribution >= 0.6 is 32.9 Å². The van der Waals surface area contributed by atoms with Gasteiger partial charge in [0.05, 0.1) is 0 Å². The van der Waals surface area contributed by atoms with Gasteiger partial charge < -0.3 is 5.21 Å². The molecule has 0 N–H and O–H groups in total. The van der Waals surface area contributed by atoms with Gasteiger partial charge in [0.15, 0.2) is 6.20 Å². The lowest BCUT2D eigenvalue weighted by Gasteiger charge is -2.00. The number of rotatable bonds is 3. The fourth-order valence-electron chi connectivity index (χ4n) is 0.867. The van der Waals surface area contributed by atoms with Gasteiger partial charge in [-0.1, -0.05) is 0 Å². The summed E-state index contributed by atoms with van der Waals surface area (Å²) in [6.07, 6.45) is 1.51. The summed E-state index contributed by atoms with van der Waals surface area (Å²) >= 11 is 1.66. The van der Waals surface area contributed by atoms with Crippen molar-refractivity contribution >= 4 is 32.9 Å². The molecule has 0 aliphatic heterocycles. The zero-order valence-corrected chi connectivity index (χ0v) is 9.57. The van der Waals surface area contributed by atoms with E-state index in [1.807, 2.05) is 23.6 Å². The third kappa shape index (κ3) is 2.43. The average molecular weight is 241 g/mol. The summed E-state index contributed by atoms with van der Waals surface area (Å²) in [5.74, 6) is 0. The summed E-state index contributed by atoms with van der Waals surface area (Å²) in [4.78, 5) is 1.18. The van der Waals surface area contributed by atoms with E-state index >= 15 is 0 Å². The highest BCUT2D eigenvalue weighted by molar-refractivity contribution is 8.76. The molecule has 0 unspecified atom stereocenters. The first-order valence-corrected chi connectivity index (χ1v) is 7.00. The van der Waals surface area contributed by atoms with Gasteiger partial charge in [-0.15, -0.1) is 0 Å². The van der Waals surface area contributed by atoms with Crippen LogP contribution in [0.2, 0.25) is 0 Å².